The Labute approximate surface area is 128 Å². The quantitative estimate of drug-likeness (QED) is 0.322. The van der Waals surface area contributed by atoms with Crippen LogP contribution in [0.3, 0.4) is 0 Å². The molecule has 1 unspecified atom stereocenters. The third-order valence-corrected chi connectivity index (χ3v) is 8.92. The highest BCUT2D eigenvalue weighted by atomic mass is 28.4. The van der Waals surface area contributed by atoms with Crippen LogP contribution in [-0.4, -0.2) is 22.3 Å². The molecule has 0 bridgehead atoms. The predicted octanol–water partition coefficient (Wildman–Crippen LogP) is 6.05. The van der Waals surface area contributed by atoms with Gasteiger partial charge >= 0.3 is 8.56 Å². The monoisotopic (exact) mass is 302 g/mol. The van der Waals surface area contributed by atoms with E-state index in [-0.39, 0.29) is 5.04 Å². The van der Waals surface area contributed by atoms with E-state index >= 15 is 0 Å². The molecule has 20 heavy (non-hydrogen) atoms. The maximum absolute atomic E-state index is 6.12. The summed E-state index contributed by atoms with van der Waals surface area (Å²) in [7, 11) is -0.207. The first-order valence-electron chi connectivity index (χ1n) is 8.62. The average molecular weight is 303 g/mol. The second-order valence-electron chi connectivity index (χ2n) is 6.86. The van der Waals surface area contributed by atoms with Crippen molar-refractivity contribution in [1.29, 1.82) is 0 Å². The molecule has 2 nitrogen and oxygen atoms in total. The normalized spacial score (nSPS) is 15.3. The SMILES string of the molecule is CCCCCCCCCC[Si](OC)(OCC)C(C)(C)C. The van der Waals surface area contributed by atoms with Gasteiger partial charge in [0.25, 0.3) is 0 Å². The fraction of sp³-hybridized carbons (Fsp3) is 1.00. The van der Waals surface area contributed by atoms with Gasteiger partial charge < -0.3 is 8.85 Å². The summed E-state index contributed by atoms with van der Waals surface area (Å²) in [5.41, 5.74) is 0. The Morgan fingerprint density at radius 3 is 1.70 bits per heavy atom. The summed E-state index contributed by atoms with van der Waals surface area (Å²) >= 11 is 0. The lowest BCUT2D eigenvalue weighted by Crippen LogP contribution is -2.49. The van der Waals surface area contributed by atoms with E-state index in [2.05, 4.69) is 34.6 Å². The molecule has 0 amide bonds. The first-order valence-corrected chi connectivity index (χ1v) is 10.6. The molecule has 1 atom stereocenters. The van der Waals surface area contributed by atoms with Crippen LogP contribution in [0.2, 0.25) is 11.1 Å². The number of rotatable bonds is 12. The minimum Gasteiger partial charge on any atom is -0.397 e. The van der Waals surface area contributed by atoms with E-state index in [4.69, 9.17) is 8.85 Å². The Balaban J connectivity index is 3.98. The Morgan fingerprint density at radius 2 is 1.30 bits per heavy atom. The van der Waals surface area contributed by atoms with Gasteiger partial charge in [-0.1, -0.05) is 79.1 Å². The van der Waals surface area contributed by atoms with E-state index in [0.29, 0.717) is 0 Å². The van der Waals surface area contributed by atoms with Crippen LogP contribution in [-0.2, 0) is 8.85 Å². The molecule has 0 radical (unpaired) electrons. The van der Waals surface area contributed by atoms with Crippen LogP contribution < -0.4 is 0 Å². The third kappa shape index (κ3) is 7.23. The van der Waals surface area contributed by atoms with Gasteiger partial charge in [-0.15, -0.1) is 0 Å². The summed E-state index contributed by atoms with van der Waals surface area (Å²) in [5.74, 6) is 0. The Bertz CT molecular complexity index is 226. The topological polar surface area (TPSA) is 18.5 Å². The smallest absolute Gasteiger partial charge is 0.343 e. The van der Waals surface area contributed by atoms with E-state index in [0.717, 1.165) is 12.7 Å². The lowest BCUT2D eigenvalue weighted by atomic mass is 10.1. The first kappa shape index (κ1) is 20.1. The van der Waals surface area contributed by atoms with Crippen LogP contribution in [0.1, 0.15) is 86.0 Å². The zero-order valence-electron chi connectivity index (χ0n) is 14.9. The second kappa shape index (κ2) is 10.8. The van der Waals surface area contributed by atoms with Crippen molar-refractivity contribution in [3.8, 4) is 0 Å². The van der Waals surface area contributed by atoms with Gasteiger partial charge in [0.15, 0.2) is 0 Å². The van der Waals surface area contributed by atoms with Gasteiger partial charge in [0, 0.05) is 18.8 Å². The Morgan fingerprint density at radius 1 is 0.800 bits per heavy atom. The molecule has 0 aliphatic heterocycles. The molecule has 0 rings (SSSR count). The van der Waals surface area contributed by atoms with E-state index in [1.807, 2.05) is 7.11 Å². The van der Waals surface area contributed by atoms with Crippen molar-refractivity contribution in [2.45, 2.75) is 97.1 Å². The van der Waals surface area contributed by atoms with Crippen molar-refractivity contribution in [2.75, 3.05) is 13.7 Å². The summed E-state index contributed by atoms with van der Waals surface area (Å²) in [6.45, 7) is 11.9. The predicted molar refractivity (Wildman–Crippen MR) is 91.5 cm³/mol. The van der Waals surface area contributed by atoms with Gasteiger partial charge in [0.05, 0.1) is 0 Å². The summed E-state index contributed by atoms with van der Waals surface area (Å²) < 4.78 is 12.0. The fourth-order valence-electron chi connectivity index (χ4n) is 2.86. The lowest BCUT2D eigenvalue weighted by molar-refractivity contribution is 0.183. The van der Waals surface area contributed by atoms with Crippen molar-refractivity contribution in [1.82, 2.24) is 0 Å². The molecule has 0 saturated heterocycles. The molecular formula is C17H38O2Si. The van der Waals surface area contributed by atoms with Gasteiger partial charge in [0.1, 0.15) is 0 Å². The van der Waals surface area contributed by atoms with Crippen LogP contribution in [0.25, 0.3) is 0 Å². The van der Waals surface area contributed by atoms with Gasteiger partial charge in [-0.2, -0.15) is 0 Å². The van der Waals surface area contributed by atoms with E-state index in [9.17, 15) is 0 Å². The maximum Gasteiger partial charge on any atom is 0.343 e. The molecular weight excluding hydrogens is 264 g/mol. The highest BCUT2D eigenvalue weighted by Gasteiger charge is 2.47. The summed E-state index contributed by atoms with van der Waals surface area (Å²) in [6.07, 6.45) is 10.9. The molecule has 0 aromatic carbocycles. The van der Waals surface area contributed by atoms with E-state index < -0.39 is 8.56 Å². The molecule has 3 heteroatoms. The molecule has 0 saturated carbocycles. The molecule has 0 aliphatic rings. The zero-order chi connectivity index (χ0) is 15.5. The Hall–Kier alpha value is 0.137. The van der Waals surface area contributed by atoms with Gasteiger partial charge in [0.2, 0.25) is 0 Å². The molecule has 0 aliphatic carbocycles. The van der Waals surface area contributed by atoms with Crippen LogP contribution >= 0.6 is 0 Å². The molecule has 0 spiro atoms. The van der Waals surface area contributed by atoms with Gasteiger partial charge in [-0.3, -0.25) is 0 Å². The van der Waals surface area contributed by atoms with Crippen LogP contribution in [0.5, 0.6) is 0 Å². The van der Waals surface area contributed by atoms with Crippen LogP contribution in [0.4, 0.5) is 0 Å². The second-order valence-corrected chi connectivity index (χ2v) is 11.1. The van der Waals surface area contributed by atoms with Crippen molar-refractivity contribution in [3.05, 3.63) is 0 Å². The van der Waals surface area contributed by atoms with Gasteiger partial charge in [-0.25, -0.2) is 0 Å². The summed E-state index contributed by atoms with van der Waals surface area (Å²) in [6, 6.07) is 1.13. The maximum atomic E-state index is 6.12. The van der Waals surface area contributed by atoms with Crippen molar-refractivity contribution >= 4 is 8.56 Å². The standard InChI is InChI=1S/C17H38O2Si/c1-7-9-10-11-12-13-14-15-16-20(18-6,19-8-2)17(3,4)5/h7-16H2,1-6H3. The molecule has 122 valence electrons. The summed E-state index contributed by atoms with van der Waals surface area (Å²) in [5, 5.41) is 0.152. The lowest BCUT2D eigenvalue weighted by Gasteiger charge is -2.39. The largest absolute Gasteiger partial charge is 0.397 e. The van der Waals surface area contributed by atoms with Gasteiger partial charge in [-0.05, 0) is 13.0 Å². The fourth-order valence-corrected chi connectivity index (χ4v) is 6.30. The highest BCUT2D eigenvalue weighted by molar-refractivity contribution is 6.70. The number of hydrogen-bond donors (Lipinski definition) is 0. The molecule has 0 N–H and O–H groups in total. The molecule has 0 aromatic heterocycles. The molecule has 0 aromatic rings. The van der Waals surface area contributed by atoms with Crippen molar-refractivity contribution < 1.29 is 8.85 Å². The first-order chi connectivity index (χ1) is 9.43. The van der Waals surface area contributed by atoms with Crippen LogP contribution in [0, 0.1) is 0 Å². The molecule has 0 heterocycles. The number of hydrogen-bond acceptors (Lipinski definition) is 2. The minimum absolute atomic E-state index is 0.152. The zero-order valence-corrected chi connectivity index (χ0v) is 15.9. The van der Waals surface area contributed by atoms with Crippen molar-refractivity contribution in [2.24, 2.45) is 0 Å². The van der Waals surface area contributed by atoms with E-state index in [1.54, 1.807) is 0 Å². The van der Waals surface area contributed by atoms with Crippen LogP contribution in [0.15, 0.2) is 0 Å². The Kier molecular flexibility index (Phi) is 10.9. The summed E-state index contributed by atoms with van der Waals surface area (Å²) in [4.78, 5) is 0. The minimum atomic E-state index is -2.05. The molecule has 0 fully saturated rings. The van der Waals surface area contributed by atoms with E-state index in [1.165, 1.54) is 51.4 Å². The average Bonchev–Trinajstić information content (AvgIpc) is 2.39. The van der Waals surface area contributed by atoms with Crippen molar-refractivity contribution in [3.63, 3.8) is 0 Å². The number of unbranched alkanes of at least 4 members (excludes halogenated alkanes) is 7. The highest BCUT2D eigenvalue weighted by Crippen LogP contribution is 2.41. The third-order valence-electron chi connectivity index (χ3n) is 4.21.